The molecule has 0 saturated heterocycles. The highest BCUT2D eigenvalue weighted by Crippen LogP contribution is 2.23. The maximum atomic E-state index is 6.10. The van der Waals surface area contributed by atoms with Crippen LogP contribution in [0.25, 0.3) is 0 Å². The van der Waals surface area contributed by atoms with Gasteiger partial charge in [0.25, 0.3) is 0 Å². The zero-order valence-corrected chi connectivity index (χ0v) is 12.6. The van der Waals surface area contributed by atoms with Crippen molar-refractivity contribution in [2.24, 2.45) is 0 Å². The van der Waals surface area contributed by atoms with Crippen LogP contribution in [0.2, 0.25) is 10.0 Å². The van der Waals surface area contributed by atoms with Crippen molar-refractivity contribution < 1.29 is 4.74 Å². The van der Waals surface area contributed by atoms with E-state index in [1.807, 2.05) is 48.5 Å². The van der Waals surface area contributed by atoms with E-state index in [0.29, 0.717) is 23.2 Å². The first kappa shape index (κ1) is 15.2. The summed E-state index contributed by atoms with van der Waals surface area (Å²) in [5.41, 5.74) is 0.944. The van der Waals surface area contributed by atoms with Crippen LogP contribution in [0.5, 0.6) is 5.75 Å². The standard InChI is InChI=1S/C16H17Cl2NO/c17-15-8-4-9-16(18)14(15)12-19-10-5-11-20-13-6-2-1-3-7-13/h1-4,6-9,19H,5,10-12H2. The highest BCUT2D eigenvalue weighted by molar-refractivity contribution is 6.35. The Hall–Kier alpha value is -1.22. The maximum Gasteiger partial charge on any atom is 0.119 e. The van der Waals surface area contributed by atoms with Gasteiger partial charge in [-0.25, -0.2) is 0 Å². The fourth-order valence-corrected chi connectivity index (χ4v) is 2.35. The van der Waals surface area contributed by atoms with Crippen molar-refractivity contribution in [3.05, 3.63) is 64.1 Å². The van der Waals surface area contributed by atoms with Crippen LogP contribution in [0.1, 0.15) is 12.0 Å². The Morgan fingerprint density at radius 3 is 2.30 bits per heavy atom. The van der Waals surface area contributed by atoms with Crippen LogP contribution in [0.3, 0.4) is 0 Å². The summed E-state index contributed by atoms with van der Waals surface area (Å²) in [7, 11) is 0. The molecule has 0 aliphatic carbocycles. The van der Waals surface area contributed by atoms with Gasteiger partial charge in [0.05, 0.1) is 6.61 Å². The topological polar surface area (TPSA) is 21.3 Å². The van der Waals surface area contributed by atoms with Crippen molar-refractivity contribution in [2.75, 3.05) is 13.2 Å². The molecule has 2 rings (SSSR count). The van der Waals surface area contributed by atoms with Crippen molar-refractivity contribution in [1.82, 2.24) is 5.32 Å². The number of benzene rings is 2. The number of ether oxygens (including phenoxy) is 1. The molecular weight excluding hydrogens is 293 g/mol. The molecule has 1 N–H and O–H groups in total. The summed E-state index contributed by atoms with van der Waals surface area (Å²) >= 11 is 12.2. The Kier molecular flexibility index (Phi) is 6.19. The number of para-hydroxylation sites is 1. The third-order valence-electron chi connectivity index (χ3n) is 2.87. The number of hydrogen-bond acceptors (Lipinski definition) is 2. The van der Waals surface area contributed by atoms with Crippen molar-refractivity contribution in [3.8, 4) is 5.75 Å². The van der Waals surface area contributed by atoms with Crippen LogP contribution in [0, 0.1) is 0 Å². The Bertz CT molecular complexity index is 511. The number of rotatable bonds is 7. The molecule has 0 atom stereocenters. The molecule has 20 heavy (non-hydrogen) atoms. The molecule has 2 nitrogen and oxygen atoms in total. The maximum absolute atomic E-state index is 6.10. The van der Waals surface area contributed by atoms with Crippen LogP contribution in [-0.2, 0) is 6.54 Å². The average Bonchev–Trinajstić information content (AvgIpc) is 2.46. The van der Waals surface area contributed by atoms with Gasteiger partial charge >= 0.3 is 0 Å². The van der Waals surface area contributed by atoms with Gasteiger partial charge in [-0.1, -0.05) is 47.5 Å². The molecule has 0 aliphatic heterocycles. The summed E-state index contributed by atoms with van der Waals surface area (Å²) in [4.78, 5) is 0. The van der Waals surface area contributed by atoms with Crippen LogP contribution >= 0.6 is 23.2 Å². The molecule has 4 heteroatoms. The second-order valence-corrected chi connectivity index (χ2v) is 5.21. The average molecular weight is 310 g/mol. The van der Waals surface area contributed by atoms with Gasteiger partial charge in [-0.15, -0.1) is 0 Å². The first-order valence-corrected chi connectivity index (χ1v) is 7.34. The van der Waals surface area contributed by atoms with E-state index in [1.165, 1.54) is 0 Å². The van der Waals surface area contributed by atoms with Crippen molar-refractivity contribution in [2.45, 2.75) is 13.0 Å². The summed E-state index contributed by atoms with van der Waals surface area (Å²) in [6, 6.07) is 15.4. The van der Waals surface area contributed by atoms with Crippen LogP contribution < -0.4 is 10.1 Å². The van der Waals surface area contributed by atoms with Gasteiger partial charge in [-0.05, 0) is 37.2 Å². The van der Waals surface area contributed by atoms with E-state index in [1.54, 1.807) is 0 Å². The number of halogens is 2. The first-order chi connectivity index (χ1) is 9.77. The molecule has 0 fully saturated rings. The fourth-order valence-electron chi connectivity index (χ4n) is 1.82. The smallest absolute Gasteiger partial charge is 0.119 e. The molecule has 0 spiro atoms. The van der Waals surface area contributed by atoms with Gasteiger partial charge < -0.3 is 10.1 Å². The van der Waals surface area contributed by atoms with Crippen LogP contribution in [-0.4, -0.2) is 13.2 Å². The second kappa shape index (κ2) is 8.15. The lowest BCUT2D eigenvalue weighted by atomic mass is 10.2. The number of hydrogen-bond donors (Lipinski definition) is 1. The van der Waals surface area contributed by atoms with Gasteiger partial charge in [-0.2, -0.15) is 0 Å². The van der Waals surface area contributed by atoms with Crippen LogP contribution in [0.15, 0.2) is 48.5 Å². The molecule has 0 heterocycles. The molecular formula is C16H17Cl2NO. The molecule has 0 aromatic heterocycles. The SMILES string of the molecule is Clc1cccc(Cl)c1CNCCCOc1ccccc1. The second-order valence-electron chi connectivity index (χ2n) is 4.39. The van der Waals surface area contributed by atoms with Crippen LogP contribution in [0.4, 0.5) is 0 Å². The van der Waals surface area contributed by atoms with Gasteiger partial charge in [0.1, 0.15) is 5.75 Å². The van der Waals surface area contributed by atoms with E-state index in [4.69, 9.17) is 27.9 Å². The molecule has 2 aromatic rings. The van der Waals surface area contributed by atoms with E-state index in [9.17, 15) is 0 Å². The third kappa shape index (κ3) is 4.71. The Morgan fingerprint density at radius 1 is 0.900 bits per heavy atom. The predicted octanol–water partition coefficient (Wildman–Crippen LogP) is 4.55. The normalized spacial score (nSPS) is 10.5. The van der Waals surface area contributed by atoms with E-state index >= 15 is 0 Å². The lowest BCUT2D eigenvalue weighted by Crippen LogP contribution is -2.17. The monoisotopic (exact) mass is 309 g/mol. The minimum absolute atomic E-state index is 0.670. The van der Waals surface area contributed by atoms with E-state index in [2.05, 4.69) is 5.32 Å². The predicted molar refractivity (Wildman–Crippen MR) is 84.7 cm³/mol. The lowest BCUT2D eigenvalue weighted by Gasteiger charge is -2.09. The largest absolute Gasteiger partial charge is 0.494 e. The molecule has 0 bridgehead atoms. The molecule has 0 saturated carbocycles. The van der Waals surface area contributed by atoms with E-state index in [0.717, 1.165) is 24.3 Å². The Labute approximate surface area is 129 Å². The van der Waals surface area contributed by atoms with Gasteiger partial charge in [0.15, 0.2) is 0 Å². The third-order valence-corrected chi connectivity index (χ3v) is 3.58. The fraction of sp³-hybridized carbons (Fsp3) is 0.250. The summed E-state index contributed by atoms with van der Waals surface area (Å²) in [6.45, 7) is 2.21. The minimum atomic E-state index is 0.670. The molecule has 0 aliphatic rings. The highest BCUT2D eigenvalue weighted by Gasteiger charge is 2.04. The van der Waals surface area contributed by atoms with Gasteiger partial charge in [0.2, 0.25) is 0 Å². The Balaban J connectivity index is 1.65. The molecule has 0 unspecified atom stereocenters. The van der Waals surface area contributed by atoms with Gasteiger partial charge in [0, 0.05) is 22.2 Å². The summed E-state index contributed by atoms with van der Waals surface area (Å²) in [6.07, 6.45) is 0.928. The molecule has 106 valence electrons. The molecule has 2 aromatic carbocycles. The first-order valence-electron chi connectivity index (χ1n) is 6.59. The Morgan fingerprint density at radius 2 is 1.60 bits per heavy atom. The molecule has 0 amide bonds. The summed E-state index contributed by atoms with van der Waals surface area (Å²) < 4.78 is 5.61. The highest BCUT2D eigenvalue weighted by atomic mass is 35.5. The minimum Gasteiger partial charge on any atom is -0.494 e. The summed E-state index contributed by atoms with van der Waals surface area (Å²) in [5, 5.41) is 4.72. The summed E-state index contributed by atoms with van der Waals surface area (Å²) in [5.74, 6) is 0.904. The van der Waals surface area contributed by atoms with E-state index in [-0.39, 0.29) is 0 Å². The quantitative estimate of drug-likeness (QED) is 0.757. The lowest BCUT2D eigenvalue weighted by molar-refractivity contribution is 0.308. The zero-order valence-electron chi connectivity index (χ0n) is 11.1. The van der Waals surface area contributed by atoms with Gasteiger partial charge in [-0.3, -0.25) is 0 Å². The molecule has 0 radical (unpaired) electrons. The van der Waals surface area contributed by atoms with Crippen molar-refractivity contribution >= 4 is 23.2 Å². The number of nitrogens with one attached hydrogen (secondary N) is 1. The van der Waals surface area contributed by atoms with E-state index < -0.39 is 0 Å². The zero-order chi connectivity index (χ0) is 14.2. The van der Waals surface area contributed by atoms with Crippen molar-refractivity contribution in [1.29, 1.82) is 0 Å². The van der Waals surface area contributed by atoms with Crippen molar-refractivity contribution in [3.63, 3.8) is 0 Å².